The van der Waals surface area contributed by atoms with Crippen LogP contribution in [0.3, 0.4) is 0 Å². The fourth-order valence-electron chi connectivity index (χ4n) is 2.77. The van der Waals surface area contributed by atoms with Crippen molar-refractivity contribution in [1.82, 2.24) is 10.6 Å². The average molecular weight is 232 g/mol. The Morgan fingerprint density at radius 2 is 2.06 bits per heavy atom. The second kappa shape index (κ2) is 3.06. The van der Waals surface area contributed by atoms with Gasteiger partial charge in [-0.15, -0.1) is 0 Å². The maximum absolute atomic E-state index is 13.1. The fraction of sp³-hybridized carbons (Fsp3) is 0.900. The van der Waals surface area contributed by atoms with E-state index in [9.17, 15) is 13.6 Å². The molecule has 2 bridgehead atoms. The van der Waals surface area contributed by atoms with Crippen molar-refractivity contribution < 1.29 is 18.3 Å². The monoisotopic (exact) mass is 232 g/mol. The summed E-state index contributed by atoms with van der Waals surface area (Å²) in [5, 5.41) is 5.21. The van der Waals surface area contributed by atoms with E-state index in [0.29, 0.717) is 0 Å². The van der Waals surface area contributed by atoms with Gasteiger partial charge in [0, 0.05) is 12.1 Å². The van der Waals surface area contributed by atoms with Crippen molar-refractivity contribution >= 4 is 6.09 Å². The summed E-state index contributed by atoms with van der Waals surface area (Å²) < 4.78 is 31.0. The number of ether oxygens (including phenoxy) is 1. The zero-order valence-corrected chi connectivity index (χ0v) is 8.76. The van der Waals surface area contributed by atoms with Gasteiger partial charge in [0.25, 0.3) is 5.92 Å². The number of alkyl halides is 2. The van der Waals surface area contributed by atoms with Gasteiger partial charge in [-0.2, -0.15) is 0 Å². The average Bonchev–Trinajstić information content (AvgIpc) is 2.37. The number of halogens is 2. The molecule has 0 aromatic carbocycles. The van der Waals surface area contributed by atoms with Gasteiger partial charge in [-0.1, -0.05) is 0 Å². The number of rotatable bonds is 2. The van der Waals surface area contributed by atoms with Crippen LogP contribution in [-0.2, 0) is 4.74 Å². The molecule has 16 heavy (non-hydrogen) atoms. The second-order valence-electron chi connectivity index (χ2n) is 5.17. The maximum atomic E-state index is 13.1. The first-order valence-electron chi connectivity index (χ1n) is 5.56. The lowest BCUT2D eigenvalue weighted by Crippen LogP contribution is -2.68. The van der Waals surface area contributed by atoms with Crippen LogP contribution in [-0.4, -0.2) is 36.7 Å². The predicted molar refractivity (Wildman–Crippen MR) is 51.3 cm³/mol. The van der Waals surface area contributed by atoms with E-state index in [1.165, 1.54) is 0 Å². The maximum Gasteiger partial charge on any atom is 0.408 e. The van der Waals surface area contributed by atoms with E-state index in [0.717, 1.165) is 25.2 Å². The van der Waals surface area contributed by atoms with E-state index >= 15 is 0 Å². The standard InChI is InChI=1S/C10H14F2N2O2/c11-10(12)5-13-4-7(10)16-8(15)14-9-1-6(2-9)3-9/h6-7,13H,1-5H2,(H,14,15)/t6?,7-,9?/m0/s1. The van der Waals surface area contributed by atoms with Gasteiger partial charge >= 0.3 is 6.09 Å². The molecule has 0 aromatic rings. The molecule has 4 rings (SSSR count). The van der Waals surface area contributed by atoms with Gasteiger partial charge in [-0.05, 0) is 25.2 Å². The van der Waals surface area contributed by atoms with E-state index < -0.39 is 24.7 Å². The van der Waals surface area contributed by atoms with Crippen LogP contribution in [0.2, 0.25) is 0 Å². The van der Waals surface area contributed by atoms with Crippen LogP contribution in [0.15, 0.2) is 0 Å². The lowest BCUT2D eigenvalue weighted by atomic mass is 9.50. The summed E-state index contributed by atoms with van der Waals surface area (Å²) in [6.45, 7) is -0.395. The van der Waals surface area contributed by atoms with Crippen molar-refractivity contribution in [3.63, 3.8) is 0 Å². The van der Waals surface area contributed by atoms with Crippen LogP contribution in [0, 0.1) is 5.92 Å². The van der Waals surface area contributed by atoms with Crippen molar-refractivity contribution in [2.45, 2.75) is 36.8 Å². The third kappa shape index (κ3) is 1.47. The number of carbonyl (C=O) groups excluding carboxylic acids is 1. The molecule has 0 aromatic heterocycles. The quantitative estimate of drug-likeness (QED) is 0.742. The van der Waals surface area contributed by atoms with Crippen LogP contribution in [0.25, 0.3) is 0 Å². The molecule has 0 spiro atoms. The molecule has 3 aliphatic carbocycles. The summed E-state index contributed by atoms with van der Waals surface area (Å²) in [6, 6.07) is 0. The molecule has 4 aliphatic rings. The molecule has 6 heteroatoms. The lowest BCUT2D eigenvalue weighted by molar-refractivity contribution is -0.0898. The number of amides is 1. The number of carbonyl (C=O) groups is 1. The minimum Gasteiger partial charge on any atom is -0.438 e. The Morgan fingerprint density at radius 1 is 1.38 bits per heavy atom. The van der Waals surface area contributed by atoms with Gasteiger partial charge in [0.15, 0.2) is 6.10 Å². The van der Waals surface area contributed by atoms with E-state index in [1.54, 1.807) is 0 Å². The highest BCUT2D eigenvalue weighted by molar-refractivity contribution is 5.69. The fourth-order valence-corrected chi connectivity index (χ4v) is 2.77. The van der Waals surface area contributed by atoms with Gasteiger partial charge in [-0.25, -0.2) is 13.6 Å². The minimum absolute atomic E-state index is 0.0239. The van der Waals surface area contributed by atoms with E-state index in [4.69, 9.17) is 4.74 Å². The molecule has 1 aliphatic heterocycles. The Balaban J connectivity index is 1.52. The minimum atomic E-state index is -2.95. The molecule has 0 radical (unpaired) electrons. The number of hydrogen-bond acceptors (Lipinski definition) is 3. The Hall–Kier alpha value is -0.910. The topological polar surface area (TPSA) is 50.4 Å². The van der Waals surface area contributed by atoms with Crippen LogP contribution < -0.4 is 10.6 Å². The number of hydrogen-bond donors (Lipinski definition) is 2. The Labute approximate surface area is 91.7 Å². The van der Waals surface area contributed by atoms with Gasteiger partial charge in [0.2, 0.25) is 0 Å². The summed E-state index contributed by atoms with van der Waals surface area (Å²) in [6.07, 6.45) is 0.885. The highest BCUT2D eigenvalue weighted by Crippen LogP contribution is 2.56. The third-order valence-corrected chi connectivity index (χ3v) is 3.82. The van der Waals surface area contributed by atoms with E-state index in [-0.39, 0.29) is 12.1 Å². The summed E-state index contributed by atoms with van der Waals surface area (Å²) in [7, 11) is 0. The van der Waals surface area contributed by atoms with E-state index in [1.807, 2.05) is 0 Å². The van der Waals surface area contributed by atoms with Crippen molar-refractivity contribution in [2.75, 3.05) is 13.1 Å². The SMILES string of the molecule is O=C(NC12CC(C1)C2)O[C@H]1CNCC1(F)F. The first-order valence-corrected chi connectivity index (χ1v) is 5.56. The summed E-state index contributed by atoms with van der Waals surface area (Å²) in [4.78, 5) is 11.4. The second-order valence-corrected chi connectivity index (χ2v) is 5.17. The third-order valence-electron chi connectivity index (χ3n) is 3.82. The highest BCUT2D eigenvalue weighted by Gasteiger charge is 2.58. The molecule has 0 unspecified atom stereocenters. The Kier molecular flexibility index (Phi) is 1.96. The summed E-state index contributed by atoms with van der Waals surface area (Å²) >= 11 is 0. The predicted octanol–water partition coefficient (Wildman–Crippen LogP) is 0.872. The number of nitrogens with one attached hydrogen (secondary N) is 2. The zero-order valence-electron chi connectivity index (χ0n) is 8.76. The lowest BCUT2D eigenvalue weighted by Gasteiger charge is -2.61. The van der Waals surface area contributed by atoms with Crippen LogP contribution >= 0.6 is 0 Å². The van der Waals surface area contributed by atoms with Gasteiger partial charge < -0.3 is 15.4 Å². The van der Waals surface area contributed by atoms with Gasteiger partial charge in [0.1, 0.15) is 0 Å². The molecule has 4 fully saturated rings. The van der Waals surface area contributed by atoms with Gasteiger partial charge in [0.05, 0.1) is 6.54 Å². The van der Waals surface area contributed by atoms with Crippen molar-refractivity contribution in [3.05, 3.63) is 0 Å². The van der Waals surface area contributed by atoms with Crippen molar-refractivity contribution in [2.24, 2.45) is 5.92 Å². The summed E-state index contributed by atoms with van der Waals surface area (Å²) in [5.74, 6) is -2.22. The first kappa shape index (κ1) is 10.3. The molecule has 1 amide bonds. The van der Waals surface area contributed by atoms with Crippen molar-refractivity contribution in [3.8, 4) is 0 Å². The van der Waals surface area contributed by atoms with Crippen molar-refractivity contribution in [1.29, 1.82) is 0 Å². The van der Waals surface area contributed by atoms with E-state index in [2.05, 4.69) is 10.6 Å². The van der Waals surface area contributed by atoms with Crippen LogP contribution in [0.1, 0.15) is 19.3 Å². The normalized spacial score (nSPS) is 43.1. The van der Waals surface area contributed by atoms with Gasteiger partial charge in [-0.3, -0.25) is 0 Å². The summed E-state index contributed by atoms with van der Waals surface area (Å²) in [5.41, 5.74) is -0.122. The largest absolute Gasteiger partial charge is 0.438 e. The smallest absolute Gasteiger partial charge is 0.408 e. The molecular formula is C10H14F2N2O2. The molecule has 1 atom stereocenters. The molecule has 3 saturated carbocycles. The molecule has 90 valence electrons. The molecular weight excluding hydrogens is 218 g/mol. The Morgan fingerprint density at radius 3 is 2.50 bits per heavy atom. The molecule has 2 N–H and O–H groups in total. The van der Waals surface area contributed by atoms with Crippen LogP contribution in [0.5, 0.6) is 0 Å². The van der Waals surface area contributed by atoms with Crippen LogP contribution in [0.4, 0.5) is 13.6 Å². The number of alkyl carbamates (subject to hydrolysis) is 1. The Bertz CT molecular complexity index is 318. The zero-order chi connectivity index (χ0) is 11.4. The molecule has 4 nitrogen and oxygen atoms in total. The highest BCUT2D eigenvalue weighted by atomic mass is 19.3. The first-order chi connectivity index (χ1) is 7.49. The molecule has 1 saturated heterocycles. The molecule has 1 heterocycles.